The van der Waals surface area contributed by atoms with Crippen LogP contribution in [0.3, 0.4) is 0 Å². The Kier molecular flexibility index (Phi) is 3.39. The largest absolute Gasteiger partial charge is 0.372 e. The van der Waals surface area contributed by atoms with E-state index in [9.17, 15) is 13.6 Å². The Balaban J connectivity index is 1.68. The van der Waals surface area contributed by atoms with Crippen molar-refractivity contribution in [2.45, 2.75) is 24.7 Å². The minimum absolute atomic E-state index is 0.135. The summed E-state index contributed by atoms with van der Waals surface area (Å²) in [5.41, 5.74) is 1.21. The van der Waals surface area contributed by atoms with Gasteiger partial charge in [-0.15, -0.1) is 0 Å². The lowest BCUT2D eigenvalue weighted by Gasteiger charge is -2.16. The molecule has 2 unspecified atom stereocenters. The second kappa shape index (κ2) is 5.38. The number of aromatic nitrogens is 2. The first-order chi connectivity index (χ1) is 12.0. The summed E-state index contributed by atoms with van der Waals surface area (Å²) in [5, 5.41) is 11.8. The molecule has 2 saturated carbocycles. The molecule has 128 valence electrons. The number of nitrogens with zero attached hydrogens (tertiary/aromatic N) is 2. The molecule has 2 atom stereocenters. The summed E-state index contributed by atoms with van der Waals surface area (Å²) in [6, 6.07) is 8.68. The van der Waals surface area contributed by atoms with Crippen LogP contribution in [0.2, 0.25) is 0 Å². The van der Waals surface area contributed by atoms with Gasteiger partial charge in [0.2, 0.25) is 0 Å². The monoisotopic (exact) mass is 342 g/mol. The molecule has 2 aliphatic carbocycles. The second-order valence-corrected chi connectivity index (χ2v) is 6.67. The summed E-state index contributed by atoms with van der Waals surface area (Å²) in [5.74, 6) is -2.93. The zero-order valence-corrected chi connectivity index (χ0v) is 13.5. The van der Waals surface area contributed by atoms with Crippen LogP contribution in [0.4, 0.5) is 14.6 Å². The molecule has 2 aromatic rings. The molecule has 5 nitrogen and oxygen atoms in total. The third-order valence-corrected chi connectivity index (χ3v) is 5.31. The Morgan fingerprint density at radius 2 is 1.92 bits per heavy atom. The highest BCUT2D eigenvalue weighted by atomic mass is 19.3. The maximum Gasteiger partial charge on any atom is 0.260 e. The van der Waals surface area contributed by atoms with Gasteiger partial charge in [-0.3, -0.25) is 4.79 Å². The lowest BCUT2D eigenvalue weighted by Crippen LogP contribution is -2.19. The number of nitrogens with one attached hydrogen (secondary N) is 2. The molecule has 4 rings (SSSR count). The Bertz CT molecular complexity index is 916. The van der Waals surface area contributed by atoms with Gasteiger partial charge in [0, 0.05) is 24.8 Å². The summed E-state index contributed by atoms with van der Waals surface area (Å²) >= 11 is 0. The van der Waals surface area contributed by atoms with Gasteiger partial charge in [-0.1, -0.05) is 12.1 Å². The van der Waals surface area contributed by atoms with Gasteiger partial charge < -0.3 is 10.3 Å². The van der Waals surface area contributed by atoms with Gasteiger partial charge in [-0.2, -0.15) is 5.26 Å². The van der Waals surface area contributed by atoms with Crippen molar-refractivity contribution < 1.29 is 8.78 Å². The number of nitriles is 1. The van der Waals surface area contributed by atoms with Gasteiger partial charge in [0.15, 0.2) is 0 Å². The third-order valence-electron chi connectivity index (χ3n) is 5.31. The minimum atomic E-state index is -2.54. The molecule has 1 heterocycles. The Hall–Kier alpha value is -2.75. The number of rotatable bonds is 3. The van der Waals surface area contributed by atoms with Crippen LogP contribution in [-0.4, -0.2) is 22.9 Å². The number of alkyl halides is 2. The number of halogens is 2. The molecule has 2 fully saturated rings. The molecule has 0 radical (unpaired) electrons. The summed E-state index contributed by atoms with van der Waals surface area (Å²) in [7, 11) is 1.67. The van der Waals surface area contributed by atoms with Crippen molar-refractivity contribution >= 4 is 5.82 Å². The van der Waals surface area contributed by atoms with Crippen molar-refractivity contribution in [3.05, 3.63) is 46.0 Å². The maximum absolute atomic E-state index is 13.4. The molecule has 1 aromatic heterocycles. The first kappa shape index (κ1) is 15.8. The van der Waals surface area contributed by atoms with Crippen LogP contribution in [0.25, 0.3) is 11.1 Å². The van der Waals surface area contributed by atoms with Crippen molar-refractivity contribution in [2.75, 3.05) is 12.4 Å². The van der Waals surface area contributed by atoms with E-state index in [-0.39, 0.29) is 11.5 Å². The second-order valence-electron chi connectivity index (χ2n) is 6.67. The van der Waals surface area contributed by atoms with E-state index >= 15 is 0 Å². The first-order valence-corrected chi connectivity index (χ1v) is 8.16. The predicted molar refractivity (Wildman–Crippen MR) is 88.5 cm³/mol. The Morgan fingerprint density at radius 3 is 2.48 bits per heavy atom. The van der Waals surface area contributed by atoms with Crippen LogP contribution in [0.5, 0.6) is 0 Å². The van der Waals surface area contributed by atoms with Crippen LogP contribution in [0, 0.1) is 23.2 Å². The number of hydrogen-bond acceptors (Lipinski definition) is 4. The third kappa shape index (κ3) is 2.40. The smallest absolute Gasteiger partial charge is 0.260 e. The van der Waals surface area contributed by atoms with Gasteiger partial charge in [-0.25, -0.2) is 13.8 Å². The molecule has 0 amide bonds. The summed E-state index contributed by atoms with van der Waals surface area (Å²) < 4.78 is 26.7. The van der Waals surface area contributed by atoms with Crippen LogP contribution in [-0.2, 0) is 0 Å². The Labute approximate surface area is 142 Å². The van der Waals surface area contributed by atoms with E-state index in [0.717, 1.165) is 0 Å². The highest BCUT2D eigenvalue weighted by Gasteiger charge is 2.71. The highest BCUT2D eigenvalue weighted by molar-refractivity contribution is 5.74. The van der Waals surface area contributed by atoms with Gasteiger partial charge >= 0.3 is 0 Å². The fourth-order valence-corrected chi connectivity index (χ4v) is 3.88. The molecule has 0 spiro atoms. The van der Waals surface area contributed by atoms with Gasteiger partial charge in [0.1, 0.15) is 11.6 Å². The van der Waals surface area contributed by atoms with Crippen molar-refractivity contribution in [3.63, 3.8) is 0 Å². The SMILES string of the molecule is CNc1nc(C2CC3C(C2)C3(F)F)[nH]c(=O)c1-c1ccc(C#N)cc1. The van der Waals surface area contributed by atoms with Crippen molar-refractivity contribution in [3.8, 4) is 17.2 Å². The minimum Gasteiger partial charge on any atom is -0.372 e. The lowest BCUT2D eigenvalue weighted by molar-refractivity contribution is 0.0691. The molecule has 0 bridgehead atoms. The fraction of sp³-hybridized carbons (Fsp3) is 0.389. The van der Waals surface area contributed by atoms with E-state index in [0.29, 0.717) is 41.2 Å². The number of hydrogen-bond donors (Lipinski definition) is 2. The van der Waals surface area contributed by atoms with E-state index in [1.54, 1.807) is 31.3 Å². The van der Waals surface area contributed by atoms with Crippen LogP contribution in [0.1, 0.15) is 30.1 Å². The molecule has 1 aromatic carbocycles. The summed E-state index contributed by atoms with van der Waals surface area (Å²) in [6.45, 7) is 0. The average Bonchev–Trinajstić information content (AvgIpc) is 2.97. The highest BCUT2D eigenvalue weighted by Crippen LogP contribution is 2.67. The normalized spacial score (nSPS) is 25.9. The van der Waals surface area contributed by atoms with Gasteiger partial charge in [0.25, 0.3) is 11.5 Å². The van der Waals surface area contributed by atoms with Gasteiger partial charge in [0.05, 0.1) is 17.2 Å². The van der Waals surface area contributed by atoms with E-state index in [4.69, 9.17) is 5.26 Å². The zero-order valence-electron chi connectivity index (χ0n) is 13.5. The van der Waals surface area contributed by atoms with Crippen molar-refractivity contribution in [2.24, 2.45) is 11.8 Å². The number of aromatic amines is 1. The lowest BCUT2D eigenvalue weighted by atomic mass is 10.0. The quantitative estimate of drug-likeness (QED) is 0.898. The van der Waals surface area contributed by atoms with Crippen molar-refractivity contribution in [1.82, 2.24) is 9.97 Å². The van der Waals surface area contributed by atoms with E-state index < -0.39 is 17.8 Å². The molecule has 2 aliphatic rings. The zero-order chi connectivity index (χ0) is 17.8. The number of benzene rings is 1. The van der Waals surface area contributed by atoms with Crippen LogP contribution in [0.15, 0.2) is 29.1 Å². The molecule has 0 saturated heterocycles. The number of anilines is 1. The van der Waals surface area contributed by atoms with Crippen LogP contribution < -0.4 is 10.9 Å². The molecular weight excluding hydrogens is 326 g/mol. The standard InChI is InChI=1S/C18H16F2N4O/c1-22-16-14(10-4-2-9(8-21)3-5-10)17(25)24-15(23-16)11-6-12-13(7-11)18(12,19)20/h2-5,11-13H,6-7H2,1H3,(H2,22,23,24,25). The molecular formula is C18H16F2N4O. The predicted octanol–water partition coefficient (Wildman–Crippen LogP) is 3.11. The molecule has 0 aliphatic heterocycles. The number of fused-ring (bicyclic) bond motifs is 1. The van der Waals surface area contributed by atoms with E-state index in [1.807, 2.05) is 6.07 Å². The van der Waals surface area contributed by atoms with E-state index in [2.05, 4.69) is 15.3 Å². The maximum atomic E-state index is 13.4. The topological polar surface area (TPSA) is 81.6 Å². The fourth-order valence-electron chi connectivity index (χ4n) is 3.88. The summed E-state index contributed by atoms with van der Waals surface area (Å²) in [6.07, 6.45) is 0.722. The van der Waals surface area contributed by atoms with E-state index in [1.165, 1.54) is 0 Å². The summed E-state index contributed by atoms with van der Waals surface area (Å²) in [4.78, 5) is 19.9. The number of H-pyrrole nitrogens is 1. The molecule has 2 N–H and O–H groups in total. The molecule has 7 heteroatoms. The average molecular weight is 342 g/mol. The van der Waals surface area contributed by atoms with Gasteiger partial charge in [-0.05, 0) is 30.5 Å². The molecule has 25 heavy (non-hydrogen) atoms. The first-order valence-electron chi connectivity index (χ1n) is 8.16. The van der Waals surface area contributed by atoms with Crippen LogP contribution >= 0.6 is 0 Å². The Morgan fingerprint density at radius 1 is 1.28 bits per heavy atom. The van der Waals surface area contributed by atoms with Crippen molar-refractivity contribution in [1.29, 1.82) is 5.26 Å².